The highest BCUT2D eigenvalue weighted by molar-refractivity contribution is 5.77. The molecule has 0 aliphatic heterocycles. The summed E-state index contributed by atoms with van der Waals surface area (Å²) < 4.78 is 10.1. The smallest absolute Gasteiger partial charge is 0.188 e. The third kappa shape index (κ3) is 11.1. The molecule has 0 aromatic rings. The van der Waals surface area contributed by atoms with Gasteiger partial charge < -0.3 is 20.5 Å². The fourth-order valence-electron chi connectivity index (χ4n) is 0.832. The maximum atomic E-state index is 5.62. The fourth-order valence-corrected chi connectivity index (χ4v) is 0.832. The zero-order valence-corrected chi connectivity index (χ0v) is 9.95. The summed E-state index contributed by atoms with van der Waals surface area (Å²) in [6, 6.07) is 0. The first kappa shape index (κ1) is 14.2. The monoisotopic (exact) mass is 217 g/mol. The van der Waals surface area contributed by atoms with Gasteiger partial charge in [-0.05, 0) is 5.92 Å². The van der Waals surface area contributed by atoms with E-state index in [1.807, 2.05) is 0 Å². The van der Waals surface area contributed by atoms with Gasteiger partial charge in [0.15, 0.2) is 5.96 Å². The van der Waals surface area contributed by atoms with Crippen molar-refractivity contribution in [1.29, 1.82) is 0 Å². The summed E-state index contributed by atoms with van der Waals surface area (Å²) in [5, 5.41) is 2.98. The second kappa shape index (κ2) is 9.73. The van der Waals surface area contributed by atoms with E-state index in [9.17, 15) is 0 Å². The average Bonchev–Trinajstić information content (AvgIpc) is 2.20. The quantitative estimate of drug-likeness (QED) is 0.346. The summed E-state index contributed by atoms with van der Waals surface area (Å²) in [5.74, 6) is 1.02. The molecule has 0 spiro atoms. The normalized spacial score (nSPS) is 12.1. The number of methoxy groups -OCH3 is 1. The lowest BCUT2D eigenvalue weighted by atomic mass is 10.2. The summed E-state index contributed by atoms with van der Waals surface area (Å²) in [4.78, 5) is 4.16. The van der Waals surface area contributed by atoms with Crippen LogP contribution in [-0.4, -0.2) is 46.0 Å². The third-order valence-electron chi connectivity index (χ3n) is 1.61. The zero-order valence-electron chi connectivity index (χ0n) is 9.95. The van der Waals surface area contributed by atoms with E-state index in [0.29, 0.717) is 38.2 Å². The Hall–Kier alpha value is -0.810. The molecule has 3 N–H and O–H groups in total. The SMILES string of the molecule is COCCOCCNC(N)=NCC(C)C. The first-order chi connectivity index (χ1) is 7.16. The maximum Gasteiger partial charge on any atom is 0.188 e. The van der Waals surface area contributed by atoms with E-state index < -0.39 is 0 Å². The molecule has 0 bridgehead atoms. The van der Waals surface area contributed by atoms with Gasteiger partial charge in [0.05, 0.1) is 19.8 Å². The molecule has 0 radical (unpaired) electrons. The number of nitrogens with zero attached hydrogens (tertiary/aromatic N) is 1. The number of ether oxygens (including phenoxy) is 2. The number of rotatable bonds is 8. The summed E-state index contributed by atoms with van der Waals surface area (Å²) in [6.07, 6.45) is 0. The highest BCUT2D eigenvalue weighted by Gasteiger charge is 1.93. The number of hydrogen-bond donors (Lipinski definition) is 2. The van der Waals surface area contributed by atoms with E-state index in [1.165, 1.54) is 0 Å². The highest BCUT2D eigenvalue weighted by Crippen LogP contribution is 1.90. The van der Waals surface area contributed by atoms with E-state index in [2.05, 4.69) is 24.2 Å². The molecule has 0 aromatic carbocycles. The van der Waals surface area contributed by atoms with Crippen molar-refractivity contribution in [3.8, 4) is 0 Å². The van der Waals surface area contributed by atoms with Crippen LogP contribution in [0.3, 0.4) is 0 Å². The van der Waals surface area contributed by atoms with Gasteiger partial charge in [0, 0.05) is 20.2 Å². The van der Waals surface area contributed by atoms with Crippen LogP contribution in [0.2, 0.25) is 0 Å². The summed E-state index contributed by atoms with van der Waals surface area (Å²) in [5.41, 5.74) is 5.62. The lowest BCUT2D eigenvalue weighted by Crippen LogP contribution is -2.34. The van der Waals surface area contributed by atoms with E-state index >= 15 is 0 Å². The van der Waals surface area contributed by atoms with Gasteiger partial charge >= 0.3 is 0 Å². The molecule has 0 fully saturated rings. The molecule has 15 heavy (non-hydrogen) atoms. The molecular weight excluding hydrogens is 194 g/mol. The van der Waals surface area contributed by atoms with Gasteiger partial charge in [-0.2, -0.15) is 0 Å². The molecule has 0 saturated carbocycles. The topological polar surface area (TPSA) is 68.9 Å². The van der Waals surface area contributed by atoms with Crippen molar-refractivity contribution in [2.75, 3.05) is 40.0 Å². The van der Waals surface area contributed by atoms with Crippen LogP contribution in [0.4, 0.5) is 0 Å². The predicted octanol–water partition coefficient (Wildman–Crippen LogP) is 0.210. The van der Waals surface area contributed by atoms with Crippen molar-refractivity contribution in [1.82, 2.24) is 5.32 Å². The minimum absolute atomic E-state index is 0.485. The molecule has 0 unspecified atom stereocenters. The largest absolute Gasteiger partial charge is 0.382 e. The van der Waals surface area contributed by atoms with Crippen molar-refractivity contribution in [2.24, 2.45) is 16.6 Å². The number of aliphatic imine (C=N–C) groups is 1. The predicted molar refractivity (Wildman–Crippen MR) is 62.0 cm³/mol. The first-order valence-electron chi connectivity index (χ1n) is 5.27. The minimum atomic E-state index is 0.485. The van der Waals surface area contributed by atoms with Crippen molar-refractivity contribution < 1.29 is 9.47 Å². The van der Waals surface area contributed by atoms with Crippen LogP contribution >= 0.6 is 0 Å². The molecule has 0 saturated heterocycles. The van der Waals surface area contributed by atoms with Crippen LogP contribution in [-0.2, 0) is 9.47 Å². The lowest BCUT2D eigenvalue weighted by Gasteiger charge is -2.07. The molecule has 0 aliphatic rings. The number of guanidine groups is 1. The fraction of sp³-hybridized carbons (Fsp3) is 0.900. The van der Waals surface area contributed by atoms with Crippen LogP contribution in [0.25, 0.3) is 0 Å². The van der Waals surface area contributed by atoms with Crippen molar-refractivity contribution >= 4 is 5.96 Å². The van der Waals surface area contributed by atoms with E-state index in [1.54, 1.807) is 7.11 Å². The van der Waals surface area contributed by atoms with Gasteiger partial charge in [0.25, 0.3) is 0 Å². The van der Waals surface area contributed by atoms with Gasteiger partial charge in [0.2, 0.25) is 0 Å². The Kier molecular flexibility index (Phi) is 9.21. The molecule has 0 heterocycles. The Morgan fingerprint density at radius 3 is 2.67 bits per heavy atom. The van der Waals surface area contributed by atoms with Crippen molar-refractivity contribution in [3.05, 3.63) is 0 Å². The molecule has 0 aromatic heterocycles. The van der Waals surface area contributed by atoms with E-state index in [-0.39, 0.29) is 0 Å². The third-order valence-corrected chi connectivity index (χ3v) is 1.61. The molecule has 0 rings (SSSR count). The zero-order chi connectivity index (χ0) is 11.5. The Labute approximate surface area is 92.0 Å². The van der Waals surface area contributed by atoms with E-state index in [4.69, 9.17) is 15.2 Å². The van der Waals surface area contributed by atoms with Crippen LogP contribution in [0.1, 0.15) is 13.8 Å². The standard InChI is InChI=1S/C10H23N3O2/c1-9(2)8-13-10(11)12-4-5-15-7-6-14-3/h9H,4-8H2,1-3H3,(H3,11,12,13). The molecule has 5 heteroatoms. The maximum absolute atomic E-state index is 5.62. The molecule has 0 amide bonds. The molecular formula is C10H23N3O2. The Bertz CT molecular complexity index is 172. The van der Waals surface area contributed by atoms with Gasteiger partial charge in [0.1, 0.15) is 0 Å². The summed E-state index contributed by atoms with van der Waals surface area (Å²) in [7, 11) is 1.65. The van der Waals surface area contributed by atoms with Gasteiger partial charge in [-0.15, -0.1) is 0 Å². The lowest BCUT2D eigenvalue weighted by molar-refractivity contribution is 0.0733. The Morgan fingerprint density at radius 1 is 1.33 bits per heavy atom. The minimum Gasteiger partial charge on any atom is -0.382 e. The number of nitrogens with two attached hydrogens (primary N) is 1. The number of hydrogen-bond acceptors (Lipinski definition) is 3. The van der Waals surface area contributed by atoms with Crippen LogP contribution in [0, 0.1) is 5.92 Å². The van der Waals surface area contributed by atoms with Crippen molar-refractivity contribution in [3.63, 3.8) is 0 Å². The molecule has 0 atom stereocenters. The van der Waals surface area contributed by atoms with Crippen molar-refractivity contribution in [2.45, 2.75) is 13.8 Å². The Balaban J connectivity index is 3.30. The van der Waals surface area contributed by atoms with Crippen LogP contribution < -0.4 is 11.1 Å². The first-order valence-corrected chi connectivity index (χ1v) is 5.27. The second-order valence-electron chi connectivity index (χ2n) is 3.65. The van der Waals surface area contributed by atoms with Gasteiger partial charge in [-0.3, -0.25) is 4.99 Å². The number of nitrogens with one attached hydrogen (secondary N) is 1. The van der Waals surface area contributed by atoms with Gasteiger partial charge in [-0.25, -0.2) is 0 Å². The highest BCUT2D eigenvalue weighted by atomic mass is 16.5. The summed E-state index contributed by atoms with van der Waals surface area (Å²) >= 11 is 0. The summed E-state index contributed by atoms with van der Waals surface area (Å²) in [6.45, 7) is 7.48. The van der Waals surface area contributed by atoms with Gasteiger partial charge in [-0.1, -0.05) is 13.8 Å². The Morgan fingerprint density at radius 2 is 2.07 bits per heavy atom. The molecule has 0 aliphatic carbocycles. The van der Waals surface area contributed by atoms with Crippen LogP contribution in [0.5, 0.6) is 0 Å². The molecule has 5 nitrogen and oxygen atoms in total. The molecule has 90 valence electrons. The second-order valence-corrected chi connectivity index (χ2v) is 3.65. The average molecular weight is 217 g/mol. The van der Waals surface area contributed by atoms with E-state index in [0.717, 1.165) is 6.54 Å². The van der Waals surface area contributed by atoms with Crippen LogP contribution in [0.15, 0.2) is 4.99 Å².